The number of halogens is 6. The van der Waals surface area contributed by atoms with E-state index in [-0.39, 0.29) is 0 Å². The molecule has 0 radical (unpaired) electrons. The lowest BCUT2D eigenvalue weighted by Crippen LogP contribution is -2.49. The van der Waals surface area contributed by atoms with Gasteiger partial charge in [-0.25, -0.2) is 8.78 Å². The van der Waals surface area contributed by atoms with Gasteiger partial charge in [-0.15, -0.1) is 0 Å². The van der Waals surface area contributed by atoms with E-state index in [4.69, 9.17) is 0 Å². The highest BCUT2D eigenvalue weighted by Gasteiger charge is 2.64. The van der Waals surface area contributed by atoms with Gasteiger partial charge in [-0.2, -0.15) is 13.2 Å². The molecule has 0 rings (SSSR count). The monoisotopic (exact) mass is 196 g/mol. The first-order valence-corrected chi connectivity index (χ1v) is 3.01. The van der Waals surface area contributed by atoms with E-state index in [0.717, 1.165) is 0 Å². The third-order valence-corrected chi connectivity index (χ3v) is 1.77. The first-order valence-electron chi connectivity index (χ1n) is 2.63. The summed E-state index contributed by atoms with van der Waals surface area (Å²) >= 11 is 4.32. The van der Waals surface area contributed by atoms with Crippen molar-refractivity contribution in [3.63, 3.8) is 0 Å². The molecule has 0 saturated heterocycles. The molecule has 1 atom stereocenters. The summed E-state index contributed by atoms with van der Waals surface area (Å²) < 4.78 is 59.6. The third-order valence-electron chi connectivity index (χ3n) is 1.10. The van der Waals surface area contributed by atoms with Crippen LogP contribution in [0.1, 0.15) is 13.8 Å². The van der Waals surface area contributed by atoms with Crippen LogP contribution in [0.25, 0.3) is 0 Å². The summed E-state index contributed by atoms with van der Waals surface area (Å²) in [5.74, 6) is 0. The molecule has 0 nitrogen and oxygen atoms in total. The Bertz CT molecular complexity index is 126. The molecule has 0 aliphatic heterocycles. The van der Waals surface area contributed by atoms with E-state index in [0.29, 0.717) is 13.8 Å². The molecule has 0 aromatic carbocycles. The summed E-state index contributed by atoms with van der Waals surface area (Å²) in [6, 6.07) is 0. The normalized spacial score (nSPS) is 19.6. The molecule has 6 heteroatoms. The molecule has 0 spiro atoms. The Hall–Kier alpha value is -0.0600. The van der Waals surface area contributed by atoms with Gasteiger partial charge in [0.2, 0.25) is 0 Å². The molecule has 0 saturated carbocycles. The molecule has 0 aliphatic carbocycles. The minimum atomic E-state index is -5.40. The van der Waals surface area contributed by atoms with Gasteiger partial charge in [0.1, 0.15) is 0 Å². The molecule has 0 heterocycles. The standard InChI is InChI=1S/C5H6ClF5/c1-3(2,7)4(6,8)5(9,10)11/h1-2H3. The molecule has 0 fully saturated rings. The Morgan fingerprint density at radius 2 is 1.18 bits per heavy atom. The molecular formula is C5H6ClF5. The van der Waals surface area contributed by atoms with E-state index >= 15 is 0 Å². The second-order valence-corrected chi connectivity index (χ2v) is 3.07. The largest absolute Gasteiger partial charge is 0.440 e. The van der Waals surface area contributed by atoms with Crippen molar-refractivity contribution in [1.82, 2.24) is 0 Å². The van der Waals surface area contributed by atoms with Crippen molar-refractivity contribution in [3.05, 3.63) is 0 Å². The Balaban J connectivity index is 4.75. The molecule has 68 valence electrons. The smallest absolute Gasteiger partial charge is 0.239 e. The number of rotatable bonds is 1. The molecule has 0 aliphatic rings. The lowest BCUT2D eigenvalue weighted by molar-refractivity contribution is -0.231. The van der Waals surface area contributed by atoms with Crippen LogP contribution in [0.5, 0.6) is 0 Å². The molecular weight excluding hydrogens is 190 g/mol. The summed E-state index contributed by atoms with van der Waals surface area (Å²) in [7, 11) is 0. The van der Waals surface area contributed by atoms with Crippen LogP contribution in [0.3, 0.4) is 0 Å². The SMILES string of the molecule is CC(C)(F)C(F)(Cl)C(F)(F)F. The lowest BCUT2D eigenvalue weighted by Gasteiger charge is -2.29. The van der Waals surface area contributed by atoms with Gasteiger partial charge in [0.15, 0.2) is 5.67 Å². The highest BCUT2D eigenvalue weighted by molar-refractivity contribution is 6.24. The van der Waals surface area contributed by atoms with Crippen LogP contribution in [0.2, 0.25) is 0 Å². The molecule has 11 heavy (non-hydrogen) atoms. The van der Waals surface area contributed by atoms with Gasteiger partial charge in [-0.3, -0.25) is 0 Å². The Morgan fingerprint density at radius 3 is 1.18 bits per heavy atom. The maximum atomic E-state index is 12.4. The van der Waals surface area contributed by atoms with Crippen molar-refractivity contribution in [2.75, 3.05) is 0 Å². The fraction of sp³-hybridized carbons (Fsp3) is 1.00. The second-order valence-electron chi connectivity index (χ2n) is 2.54. The van der Waals surface area contributed by atoms with Gasteiger partial charge in [0, 0.05) is 0 Å². The molecule has 0 aromatic rings. The zero-order valence-electron chi connectivity index (χ0n) is 5.77. The van der Waals surface area contributed by atoms with Crippen LogP contribution >= 0.6 is 11.6 Å². The first-order chi connectivity index (χ1) is 4.50. The highest BCUT2D eigenvalue weighted by atomic mass is 35.5. The van der Waals surface area contributed by atoms with Gasteiger partial charge >= 0.3 is 11.3 Å². The van der Waals surface area contributed by atoms with Gasteiger partial charge < -0.3 is 0 Å². The molecule has 0 aromatic heterocycles. The average molecular weight is 197 g/mol. The van der Waals surface area contributed by atoms with Crippen LogP contribution in [0, 0.1) is 0 Å². The van der Waals surface area contributed by atoms with E-state index in [2.05, 4.69) is 11.6 Å². The molecule has 0 bridgehead atoms. The van der Waals surface area contributed by atoms with Crippen molar-refractivity contribution in [2.24, 2.45) is 0 Å². The van der Waals surface area contributed by atoms with E-state index in [1.807, 2.05) is 0 Å². The van der Waals surface area contributed by atoms with Crippen LogP contribution in [0.4, 0.5) is 22.0 Å². The second kappa shape index (κ2) is 2.47. The zero-order chi connectivity index (χ0) is 9.50. The number of alkyl halides is 6. The lowest BCUT2D eigenvalue weighted by atomic mass is 10.0. The summed E-state index contributed by atoms with van der Waals surface area (Å²) in [6.45, 7) is 0.848. The minimum Gasteiger partial charge on any atom is -0.239 e. The van der Waals surface area contributed by atoms with Crippen molar-refractivity contribution in [1.29, 1.82) is 0 Å². The first kappa shape index (κ1) is 10.9. The summed E-state index contributed by atoms with van der Waals surface area (Å²) in [5, 5.41) is -4.32. The molecule has 1 unspecified atom stereocenters. The third kappa shape index (κ3) is 1.95. The minimum absolute atomic E-state index is 0.424. The van der Waals surface area contributed by atoms with Crippen molar-refractivity contribution in [3.8, 4) is 0 Å². The summed E-state index contributed by atoms with van der Waals surface area (Å²) in [6.07, 6.45) is -5.40. The van der Waals surface area contributed by atoms with Gasteiger partial charge in [0.05, 0.1) is 0 Å². The number of hydrogen-bond acceptors (Lipinski definition) is 0. The van der Waals surface area contributed by atoms with E-state index in [9.17, 15) is 22.0 Å². The summed E-state index contributed by atoms with van der Waals surface area (Å²) in [4.78, 5) is 0. The topological polar surface area (TPSA) is 0 Å². The van der Waals surface area contributed by atoms with E-state index in [1.165, 1.54) is 0 Å². The molecule has 0 N–H and O–H groups in total. The van der Waals surface area contributed by atoms with Gasteiger partial charge in [-0.05, 0) is 13.8 Å². The predicted molar refractivity (Wildman–Crippen MR) is 30.9 cm³/mol. The fourth-order valence-electron chi connectivity index (χ4n) is 0.337. The maximum Gasteiger partial charge on any atom is 0.440 e. The quantitative estimate of drug-likeness (QED) is 0.446. The Morgan fingerprint density at radius 1 is 0.909 bits per heavy atom. The van der Waals surface area contributed by atoms with Gasteiger partial charge in [-0.1, -0.05) is 11.6 Å². The summed E-state index contributed by atoms with van der Waals surface area (Å²) in [5.41, 5.74) is -3.15. The van der Waals surface area contributed by atoms with Crippen LogP contribution in [0.15, 0.2) is 0 Å². The zero-order valence-corrected chi connectivity index (χ0v) is 6.52. The highest BCUT2D eigenvalue weighted by Crippen LogP contribution is 2.46. The average Bonchev–Trinajstić information content (AvgIpc) is 1.58. The predicted octanol–water partition coefficient (Wildman–Crippen LogP) is 3.20. The number of hydrogen-bond donors (Lipinski definition) is 0. The van der Waals surface area contributed by atoms with Crippen molar-refractivity contribution < 1.29 is 22.0 Å². The van der Waals surface area contributed by atoms with Gasteiger partial charge in [0.25, 0.3) is 0 Å². The fourth-order valence-corrected chi connectivity index (χ4v) is 0.337. The van der Waals surface area contributed by atoms with Crippen molar-refractivity contribution >= 4 is 11.6 Å². The molecule has 0 amide bonds. The van der Waals surface area contributed by atoms with Crippen LogP contribution in [-0.2, 0) is 0 Å². The van der Waals surface area contributed by atoms with Crippen molar-refractivity contribution in [2.45, 2.75) is 30.8 Å². The van der Waals surface area contributed by atoms with E-state index < -0.39 is 17.0 Å². The Kier molecular flexibility index (Phi) is 2.45. The Labute approximate surface area is 65.3 Å². The van der Waals surface area contributed by atoms with Crippen LogP contribution in [-0.4, -0.2) is 17.0 Å². The van der Waals surface area contributed by atoms with E-state index in [1.54, 1.807) is 0 Å². The maximum absolute atomic E-state index is 12.4. The van der Waals surface area contributed by atoms with Crippen LogP contribution < -0.4 is 0 Å².